The fourth-order valence-corrected chi connectivity index (χ4v) is 2.14. The Morgan fingerprint density at radius 1 is 1.44 bits per heavy atom. The zero-order valence-electron chi connectivity index (χ0n) is 6.40. The van der Waals surface area contributed by atoms with Crippen molar-refractivity contribution >= 4 is 11.8 Å². The molecule has 1 rings (SSSR count). The molecule has 0 amide bonds. The Hall–Kier alpha value is 0.310. The van der Waals surface area contributed by atoms with Crippen molar-refractivity contribution in [1.82, 2.24) is 5.32 Å². The van der Waals surface area contributed by atoms with E-state index in [0.717, 1.165) is 11.1 Å². The molecule has 1 saturated heterocycles. The van der Waals surface area contributed by atoms with Gasteiger partial charge in [-0.3, -0.25) is 0 Å². The normalized spacial score (nSPS) is 29.0. The summed E-state index contributed by atoms with van der Waals surface area (Å²) in [5.41, 5.74) is 0.480. The monoisotopic (exact) mass is 145 g/mol. The lowest BCUT2D eigenvalue weighted by atomic mass is 9.92. The molecule has 1 unspecified atom stereocenters. The van der Waals surface area contributed by atoms with E-state index in [1.54, 1.807) is 0 Å². The quantitative estimate of drug-likeness (QED) is 0.557. The van der Waals surface area contributed by atoms with Gasteiger partial charge in [0, 0.05) is 17.7 Å². The minimum Gasteiger partial charge on any atom is -0.307 e. The molecule has 2 heteroatoms. The number of hydrogen-bond acceptors (Lipinski definition) is 2. The Kier molecular flexibility index (Phi) is 2.07. The molecule has 9 heavy (non-hydrogen) atoms. The summed E-state index contributed by atoms with van der Waals surface area (Å²) in [7, 11) is 0. The maximum Gasteiger partial charge on any atom is 0.0421 e. The summed E-state index contributed by atoms with van der Waals surface area (Å²) < 4.78 is 0. The Labute approximate surface area is 61.6 Å². The minimum atomic E-state index is 0.480. The van der Waals surface area contributed by atoms with Crippen LogP contribution < -0.4 is 5.32 Å². The number of rotatable bonds is 0. The first kappa shape index (κ1) is 7.42. The van der Waals surface area contributed by atoms with Gasteiger partial charge < -0.3 is 5.32 Å². The van der Waals surface area contributed by atoms with Gasteiger partial charge in [0.1, 0.15) is 0 Å². The third kappa shape index (κ3) is 1.87. The van der Waals surface area contributed by atoms with Crippen molar-refractivity contribution in [2.45, 2.75) is 26.0 Å². The molecule has 1 heterocycles. The molecule has 0 spiro atoms. The van der Waals surface area contributed by atoms with Crippen LogP contribution in [-0.2, 0) is 0 Å². The SMILES string of the molecule is CC(C)(C)C1CNCS1. The van der Waals surface area contributed by atoms with Crippen LogP contribution in [0.4, 0.5) is 0 Å². The second-order valence-electron chi connectivity index (χ2n) is 3.62. The fourth-order valence-electron chi connectivity index (χ4n) is 0.965. The van der Waals surface area contributed by atoms with Crippen LogP contribution in [0.5, 0.6) is 0 Å². The number of thioether (sulfide) groups is 1. The Morgan fingerprint density at radius 2 is 2.11 bits per heavy atom. The maximum atomic E-state index is 3.34. The van der Waals surface area contributed by atoms with Gasteiger partial charge in [0.05, 0.1) is 0 Å². The molecule has 0 saturated carbocycles. The van der Waals surface area contributed by atoms with Crippen molar-refractivity contribution in [1.29, 1.82) is 0 Å². The van der Waals surface area contributed by atoms with Crippen molar-refractivity contribution < 1.29 is 0 Å². The fraction of sp³-hybridized carbons (Fsp3) is 1.00. The first-order valence-electron chi connectivity index (χ1n) is 3.43. The van der Waals surface area contributed by atoms with Crippen molar-refractivity contribution in [2.75, 3.05) is 12.4 Å². The van der Waals surface area contributed by atoms with Crippen molar-refractivity contribution in [2.24, 2.45) is 5.41 Å². The zero-order chi connectivity index (χ0) is 6.91. The topological polar surface area (TPSA) is 12.0 Å². The van der Waals surface area contributed by atoms with E-state index in [1.807, 2.05) is 11.8 Å². The highest BCUT2D eigenvalue weighted by Crippen LogP contribution is 2.31. The van der Waals surface area contributed by atoms with Crippen LogP contribution >= 0.6 is 11.8 Å². The molecule has 1 nitrogen and oxygen atoms in total. The van der Waals surface area contributed by atoms with Gasteiger partial charge in [0.15, 0.2) is 0 Å². The van der Waals surface area contributed by atoms with Crippen LogP contribution in [0.15, 0.2) is 0 Å². The van der Waals surface area contributed by atoms with Gasteiger partial charge >= 0.3 is 0 Å². The lowest BCUT2D eigenvalue weighted by molar-refractivity contribution is 0.395. The Morgan fingerprint density at radius 3 is 2.33 bits per heavy atom. The molecule has 1 aliphatic rings. The van der Waals surface area contributed by atoms with E-state index in [-0.39, 0.29) is 0 Å². The lowest BCUT2D eigenvalue weighted by Crippen LogP contribution is -2.26. The van der Waals surface area contributed by atoms with Crippen LogP contribution in [0.3, 0.4) is 0 Å². The second-order valence-corrected chi connectivity index (χ2v) is 4.81. The molecular weight excluding hydrogens is 130 g/mol. The largest absolute Gasteiger partial charge is 0.307 e. The molecule has 1 fully saturated rings. The molecule has 0 bridgehead atoms. The van der Waals surface area contributed by atoms with Gasteiger partial charge in [-0.15, -0.1) is 11.8 Å². The highest BCUT2D eigenvalue weighted by atomic mass is 32.2. The Bertz CT molecular complexity index is 89.6. The van der Waals surface area contributed by atoms with E-state index in [0.29, 0.717) is 5.41 Å². The van der Waals surface area contributed by atoms with Gasteiger partial charge in [0.25, 0.3) is 0 Å². The second kappa shape index (κ2) is 2.51. The molecule has 0 aromatic heterocycles. The molecule has 54 valence electrons. The summed E-state index contributed by atoms with van der Waals surface area (Å²) in [5, 5.41) is 4.16. The highest BCUT2D eigenvalue weighted by molar-refractivity contribution is 8.00. The van der Waals surface area contributed by atoms with Gasteiger partial charge in [-0.2, -0.15) is 0 Å². The molecule has 0 aromatic carbocycles. The average Bonchev–Trinajstić information content (AvgIpc) is 2.08. The van der Waals surface area contributed by atoms with Gasteiger partial charge in [-0.1, -0.05) is 20.8 Å². The summed E-state index contributed by atoms with van der Waals surface area (Å²) in [6, 6.07) is 0. The van der Waals surface area contributed by atoms with Crippen LogP contribution in [-0.4, -0.2) is 17.7 Å². The number of hydrogen-bond donors (Lipinski definition) is 1. The summed E-state index contributed by atoms with van der Waals surface area (Å²) in [5.74, 6) is 1.14. The smallest absolute Gasteiger partial charge is 0.0421 e. The van der Waals surface area contributed by atoms with Crippen LogP contribution in [0.1, 0.15) is 20.8 Å². The van der Waals surface area contributed by atoms with E-state index < -0.39 is 0 Å². The van der Waals surface area contributed by atoms with E-state index in [4.69, 9.17) is 0 Å². The van der Waals surface area contributed by atoms with Gasteiger partial charge in [0.2, 0.25) is 0 Å². The van der Waals surface area contributed by atoms with Crippen LogP contribution in [0.25, 0.3) is 0 Å². The van der Waals surface area contributed by atoms with E-state index in [1.165, 1.54) is 6.54 Å². The molecule has 0 radical (unpaired) electrons. The summed E-state index contributed by atoms with van der Waals surface area (Å²) >= 11 is 2.04. The molecule has 1 N–H and O–H groups in total. The van der Waals surface area contributed by atoms with Crippen molar-refractivity contribution in [3.8, 4) is 0 Å². The Balaban J connectivity index is 2.42. The number of nitrogens with one attached hydrogen (secondary N) is 1. The van der Waals surface area contributed by atoms with Gasteiger partial charge in [-0.05, 0) is 5.41 Å². The maximum absolute atomic E-state index is 3.34. The third-order valence-corrected chi connectivity index (χ3v) is 3.33. The molecular formula is C7H15NS. The third-order valence-electron chi connectivity index (χ3n) is 1.68. The first-order chi connectivity index (χ1) is 4.11. The highest BCUT2D eigenvalue weighted by Gasteiger charge is 2.27. The van der Waals surface area contributed by atoms with Crippen LogP contribution in [0.2, 0.25) is 0 Å². The molecule has 0 aromatic rings. The van der Waals surface area contributed by atoms with E-state index in [2.05, 4.69) is 26.1 Å². The van der Waals surface area contributed by atoms with Crippen molar-refractivity contribution in [3.63, 3.8) is 0 Å². The predicted octanol–water partition coefficient (Wildman–Crippen LogP) is 1.70. The van der Waals surface area contributed by atoms with E-state index >= 15 is 0 Å². The zero-order valence-corrected chi connectivity index (χ0v) is 7.22. The van der Waals surface area contributed by atoms with Crippen LogP contribution in [0, 0.1) is 5.41 Å². The minimum absolute atomic E-state index is 0.480. The standard InChI is InChI=1S/C7H15NS/c1-7(2,3)6-4-8-5-9-6/h6,8H,4-5H2,1-3H3. The molecule has 0 aliphatic carbocycles. The predicted molar refractivity (Wildman–Crippen MR) is 43.7 cm³/mol. The first-order valence-corrected chi connectivity index (χ1v) is 4.48. The molecule has 1 aliphatic heterocycles. The summed E-state index contributed by atoms with van der Waals surface area (Å²) in [6.45, 7) is 8.10. The van der Waals surface area contributed by atoms with E-state index in [9.17, 15) is 0 Å². The summed E-state index contributed by atoms with van der Waals surface area (Å²) in [4.78, 5) is 0. The van der Waals surface area contributed by atoms with Gasteiger partial charge in [-0.25, -0.2) is 0 Å². The summed E-state index contributed by atoms with van der Waals surface area (Å²) in [6.07, 6.45) is 0. The lowest BCUT2D eigenvalue weighted by Gasteiger charge is -2.24. The van der Waals surface area contributed by atoms with Crippen molar-refractivity contribution in [3.05, 3.63) is 0 Å². The molecule has 1 atom stereocenters. The average molecular weight is 145 g/mol.